The molecule has 2 rings (SSSR count). The highest BCUT2D eigenvalue weighted by atomic mass is 19.1. The standard InChI is InChI=1S/C11H12FN/c12-10-6-4-9(5-7-10)11-3-1-2-8-13-11/h1-2,4-7,11,13H,3,8H2/t11-/m0/s1. The summed E-state index contributed by atoms with van der Waals surface area (Å²) >= 11 is 0. The van der Waals surface area contributed by atoms with Gasteiger partial charge in [-0.15, -0.1) is 0 Å². The Kier molecular flexibility index (Phi) is 2.41. The molecule has 1 aliphatic rings. The smallest absolute Gasteiger partial charge is 0.123 e. The minimum atomic E-state index is -0.171. The lowest BCUT2D eigenvalue weighted by molar-refractivity contribution is 0.552. The molecule has 13 heavy (non-hydrogen) atoms. The summed E-state index contributed by atoms with van der Waals surface area (Å²) in [4.78, 5) is 0. The van der Waals surface area contributed by atoms with E-state index < -0.39 is 0 Å². The van der Waals surface area contributed by atoms with Crippen molar-refractivity contribution in [1.29, 1.82) is 0 Å². The highest BCUT2D eigenvalue weighted by Crippen LogP contribution is 2.19. The van der Waals surface area contributed by atoms with Gasteiger partial charge in [-0.25, -0.2) is 4.39 Å². The highest BCUT2D eigenvalue weighted by Gasteiger charge is 2.10. The van der Waals surface area contributed by atoms with Crippen molar-refractivity contribution in [3.63, 3.8) is 0 Å². The lowest BCUT2D eigenvalue weighted by Gasteiger charge is -2.19. The van der Waals surface area contributed by atoms with Gasteiger partial charge >= 0.3 is 0 Å². The molecule has 2 heteroatoms. The van der Waals surface area contributed by atoms with Gasteiger partial charge in [0.15, 0.2) is 0 Å². The fraction of sp³-hybridized carbons (Fsp3) is 0.273. The van der Waals surface area contributed by atoms with Crippen LogP contribution in [0.15, 0.2) is 36.4 Å². The van der Waals surface area contributed by atoms with Gasteiger partial charge in [0, 0.05) is 12.6 Å². The van der Waals surface area contributed by atoms with Crippen LogP contribution in [0.5, 0.6) is 0 Å². The molecule has 0 spiro atoms. The van der Waals surface area contributed by atoms with Gasteiger partial charge in [-0.1, -0.05) is 24.3 Å². The molecule has 0 saturated carbocycles. The van der Waals surface area contributed by atoms with E-state index in [1.165, 1.54) is 12.1 Å². The first-order valence-electron chi connectivity index (χ1n) is 4.50. The monoisotopic (exact) mass is 177 g/mol. The maximum absolute atomic E-state index is 12.6. The molecule has 1 N–H and O–H groups in total. The molecular formula is C11H12FN. The summed E-state index contributed by atoms with van der Waals surface area (Å²) in [6, 6.07) is 7.05. The van der Waals surface area contributed by atoms with Crippen molar-refractivity contribution in [2.45, 2.75) is 12.5 Å². The molecule has 0 saturated heterocycles. The molecular weight excluding hydrogens is 165 g/mol. The quantitative estimate of drug-likeness (QED) is 0.649. The molecule has 0 radical (unpaired) electrons. The Balaban J connectivity index is 2.15. The zero-order valence-corrected chi connectivity index (χ0v) is 7.33. The molecule has 0 unspecified atom stereocenters. The predicted molar refractivity (Wildman–Crippen MR) is 50.9 cm³/mol. The molecule has 0 amide bonds. The zero-order valence-electron chi connectivity index (χ0n) is 7.33. The Bertz CT molecular complexity index is 302. The van der Waals surface area contributed by atoms with Gasteiger partial charge in [0.05, 0.1) is 0 Å². The maximum atomic E-state index is 12.6. The molecule has 0 aromatic heterocycles. The summed E-state index contributed by atoms with van der Waals surface area (Å²) in [5.74, 6) is -0.171. The first-order chi connectivity index (χ1) is 6.36. The van der Waals surface area contributed by atoms with E-state index >= 15 is 0 Å². The molecule has 1 nitrogen and oxygen atoms in total. The van der Waals surface area contributed by atoms with E-state index in [0.29, 0.717) is 6.04 Å². The van der Waals surface area contributed by atoms with Gasteiger partial charge < -0.3 is 5.32 Å². The first-order valence-corrected chi connectivity index (χ1v) is 4.50. The summed E-state index contributed by atoms with van der Waals surface area (Å²) in [6.07, 6.45) is 5.26. The molecule has 1 atom stereocenters. The van der Waals surface area contributed by atoms with E-state index in [4.69, 9.17) is 0 Å². The van der Waals surface area contributed by atoms with Crippen molar-refractivity contribution >= 4 is 0 Å². The van der Waals surface area contributed by atoms with Crippen LogP contribution in [0.25, 0.3) is 0 Å². The molecule has 1 aromatic carbocycles. The Labute approximate surface area is 77.3 Å². The van der Waals surface area contributed by atoms with Gasteiger partial charge in [0.2, 0.25) is 0 Å². The highest BCUT2D eigenvalue weighted by molar-refractivity contribution is 5.21. The Morgan fingerprint density at radius 1 is 1.15 bits per heavy atom. The maximum Gasteiger partial charge on any atom is 0.123 e. The molecule has 1 aliphatic heterocycles. The van der Waals surface area contributed by atoms with E-state index in [9.17, 15) is 4.39 Å². The average molecular weight is 177 g/mol. The molecule has 0 fully saturated rings. The zero-order chi connectivity index (χ0) is 9.10. The summed E-state index contributed by atoms with van der Waals surface area (Å²) in [5, 5.41) is 3.35. The van der Waals surface area contributed by atoms with Crippen molar-refractivity contribution in [2.75, 3.05) is 6.54 Å². The van der Waals surface area contributed by atoms with Crippen molar-refractivity contribution in [3.8, 4) is 0 Å². The lowest BCUT2D eigenvalue weighted by Crippen LogP contribution is -2.23. The van der Waals surface area contributed by atoms with E-state index in [1.807, 2.05) is 12.1 Å². The van der Waals surface area contributed by atoms with Crippen molar-refractivity contribution in [2.24, 2.45) is 0 Å². The molecule has 1 heterocycles. The van der Waals surface area contributed by atoms with Crippen molar-refractivity contribution in [3.05, 3.63) is 47.8 Å². The minimum absolute atomic E-state index is 0.171. The SMILES string of the molecule is Fc1ccc([C@@H]2CC=CCN2)cc1. The van der Waals surface area contributed by atoms with Gasteiger partial charge in [0.25, 0.3) is 0 Å². The minimum Gasteiger partial charge on any atom is -0.306 e. The van der Waals surface area contributed by atoms with E-state index in [0.717, 1.165) is 18.5 Å². The number of rotatable bonds is 1. The van der Waals surface area contributed by atoms with Crippen LogP contribution in [0.2, 0.25) is 0 Å². The van der Waals surface area contributed by atoms with Crippen LogP contribution in [0.1, 0.15) is 18.0 Å². The second-order valence-electron chi connectivity index (χ2n) is 3.22. The fourth-order valence-electron chi connectivity index (χ4n) is 1.56. The Hall–Kier alpha value is -1.15. The van der Waals surface area contributed by atoms with Crippen LogP contribution >= 0.6 is 0 Å². The topological polar surface area (TPSA) is 12.0 Å². The van der Waals surface area contributed by atoms with Gasteiger partial charge in [-0.3, -0.25) is 0 Å². The first kappa shape index (κ1) is 8.45. The van der Waals surface area contributed by atoms with Crippen molar-refractivity contribution < 1.29 is 4.39 Å². The third kappa shape index (κ3) is 1.95. The predicted octanol–water partition coefficient (Wildman–Crippen LogP) is 2.42. The fourth-order valence-corrected chi connectivity index (χ4v) is 1.56. The van der Waals surface area contributed by atoms with Crippen LogP contribution < -0.4 is 5.32 Å². The molecule has 1 aromatic rings. The van der Waals surface area contributed by atoms with Gasteiger partial charge in [0.1, 0.15) is 5.82 Å². The van der Waals surface area contributed by atoms with Crippen LogP contribution in [0, 0.1) is 5.82 Å². The van der Waals surface area contributed by atoms with Crippen LogP contribution in [-0.2, 0) is 0 Å². The molecule has 0 bridgehead atoms. The number of benzene rings is 1. The average Bonchev–Trinajstić information content (AvgIpc) is 2.20. The second-order valence-corrected chi connectivity index (χ2v) is 3.22. The third-order valence-electron chi connectivity index (χ3n) is 2.29. The molecule has 68 valence electrons. The Morgan fingerprint density at radius 3 is 2.54 bits per heavy atom. The largest absolute Gasteiger partial charge is 0.306 e. The summed E-state index contributed by atoms with van der Waals surface area (Å²) < 4.78 is 12.6. The molecule has 0 aliphatic carbocycles. The number of hydrogen-bond donors (Lipinski definition) is 1. The number of nitrogens with one attached hydrogen (secondary N) is 1. The summed E-state index contributed by atoms with van der Waals surface area (Å²) in [5.41, 5.74) is 1.16. The summed E-state index contributed by atoms with van der Waals surface area (Å²) in [6.45, 7) is 0.905. The lowest BCUT2D eigenvalue weighted by atomic mass is 10.0. The third-order valence-corrected chi connectivity index (χ3v) is 2.29. The number of halogens is 1. The summed E-state index contributed by atoms with van der Waals surface area (Å²) in [7, 11) is 0. The van der Waals surface area contributed by atoms with E-state index in [-0.39, 0.29) is 5.82 Å². The Morgan fingerprint density at radius 2 is 1.92 bits per heavy atom. The van der Waals surface area contributed by atoms with E-state index in [2.05, 4.69) is 17.5 Å². The normalized spacial score (nSPS) is 21.8. The van der Waals surface area contributed by atoms with Gasteiger partial charge in [-0.2, -0.15) is 0 Å². The van der Waals surface area contributed by atoms with E-state index in [1.54, 1.807) is 0 Å². The van der Waals surface area contributed by atoms with Crippen molar-refractivity contribution in [1.82, 2.24) is 5.32 Å². The van der Waals surface area contributed by atoms with Crippen LogP contribution in [0.4, 0.5) is 4.39 Å². The van der Waals surface area contributed by atoms with Crippen LogP contribution in [-0.4, -0.2) is 6.54 Å². The second kappa shape index (κ2) is 3.71. The van der Waals surface area contributed by atoms with Crippen LogP contribution in [0.3, 0.4) is 0 Å². The number of hydrogen-bond acceptors (Lipinski definition) is 1. The van der Waals surface area contributed by atoms with Gasteiger partial charge in [-0.05, 0) is 24.1 Å².